The second kappa shape index (κ2) is 51.1. The van der Waals surface area contributed by atoms with E-state index in [0.29, 0.717) is 24.1 Å². The summed E-state index contributed by atoms with van der Waals surface area (Å²) in [6, 6.07) is 0. The van der Waals surface area contributed by atoms with Gasteiger partial charge in [-0.05, 0) is 70.6 Å². The minimum Gasteiger partial charge on any atom is -0.457 e. The molecule has 0 aliphatic rings. The highest BCUT2D eigenvalue weighted by Crippen LogP contribution is 2.43. The maximum absolute atomic E-state index is 12.8. The first-order valence-corrected chi connectivity index (χ1v) is 30.2. The molecule has 67 heavy (non-hydrogen) atoms. The van der Waals surface area contributed by atoms with Crippen molar-refractivity contribution in [1.82, 2.24) is 0 Å². The number of esters is 1. The van der Waals surface area contributed by atoms with Crippen LogP contribution in [0.25, 0.3) is 0 Å². The van der Waals surface area contributed by atoms with Crippen molar-refractivity contribution in [3.8, 4) is 0 Å². The largest absolute Gasteiger partial charge is 0.472 e. The molecule has 1 N–H and O–H groups in total. The molecule has 0 aromatic heterocycles. The molecule has 0 heterocycles. The van der Waals surface area contributed by atoms with Crippen molar-refractivity contribution in [3.05, 3.63) is 36.5 Å². The number of likely N-dealkylation sites (N-methyl/N-ethyl adjacent to an activating group) is 1. The van der Waals surface area contributed by atoms with Gasteiger partial charge in [0.2, 0.25) is 0 Å². The summed E-state index contributed by atoms with van der Waals surface area (Å²) < 4.78 is 35.3. The summed E-state index contributed by atoms with van der Waals surface area (Å²) in [5, 5.41) is 0. The summed E-state index contributed by atoms with van der Waals surface area (Å²) in [4.78, 5) is 23.1. The lowest BCUT2D eigenvalue weighted by Gasteiger charge is -2.24. The predicted molar refractivity (Wildman–Crippen MR) is 289 cm³/mol. The van der Waals surface area contributed by atoms with E-state index in [-0.39, 0.29) is 25.8 Å². The van der Waals surface area contributed by atoms with E-state index in [1.165, 1.54) is 212 Å². The zero-order valence-electron chi connectivity index (χ0n) is 45.2. The lowest BCUT2D eigenvalue weighted by molar-refractivity contribution is -0.870. The van der Waals surface area contributed by atoms with Gasteiger partial charge in [-0.3, -0.25) is 13.8 Å². The summed E-state index contributed by atoms with van der Waals surface area (Å²) in [5.74, 6) is -0.312. The Kier molecular flexibility index (Phi) is 50.1. The summed E-state index contributed by atoms with van der Waals surface area (Å²) in [5.41, 5.74) is 0. The second-order valence-corrected chi connectivity index (χ2v) is 22.1. The summed E-state index contributed by atoms with van der Waals surface area (Å²) in [7, 11) is 1.67. The Bertz CT molecular complexity index is 1170. The summed E-state index contributed by atoms with van der Waals surface area (Å²) >= 11 is 0. The Labute approximate surface area is 416 Å². The van der Waals surface area contributed by atoms with Crippen LogP contribution in [0, 0.1) is 0 Å². The third-order valence-corrected chi connectivity index (χ3v) is 13.7. The fraction of sp³-hybridized carbons (Fsp3) is 0.879. The van der Waals surface area contributed by atoms with Gasteiger partial charge in [-0.1, -0.05) is 230 Å². The molecule has 396 valence electrons. The van der Waals surface area contributed by atoms with Crippen LogP contribution in [0.3, 0.4) is 0 Å². The maximum Gasteiger partial charge on any atom is 0.472 e. The molecule has 0 aliphatic heterocycles. The number of hydrogen-bond acceptors (Lipinski definition) is 6. The fourth-order valence-electron chi connectivity index (χ4n) is 8.23. The van der Waals surface area contributed by atoms with Gasteiger partial charge in [0, 0.05) is 13.0 Å². The first-order valence-electron chi connectivity index (χ1n) is 28.7. The van der Waals surface area contributed by atoms with E-state index >= 15 is 0 Å². The molecule has 0 fully saturated rings. The number of ether oxygens (including phenoxy) is 2. The molecule has 0 bridgehead atoms. The molecule has 8 nitrogen and oxygen atoms in total. The summed E-state index contributed by atoms with van der Waals surface area (Å²) in [6.45, 7) is 5.66. The highest BCUT2D eigenvalue weighted by molar-refractivity contribution is 7.47. The monoisotopic (exact) mass is 967 g/mol. The van der Waals surface area contributed by atoms with Gasteiger partial charge < -0.3 is 18.9 Å². The fourth-order valence-corrected chi connectivity index (χ4v) is 8.97. The smallest absolute Gasteiger partial charge is 0.457 e. The van der Waals surface area contributed by atoms with Gasteiger partial charge in [0.1, 0.15) is 19.3 Å². The van der Waals surface area contributed by atoms with Crippen molar-refractivity contribution in [2.24, 2.45) is 0 Å². The van der Waals surface area contributed by atoms with Gasteiger partial charge >= 0.3 is 13.8 Å². The molecule has 9 heteroatoms. The Hall–Kier alpha value is -1.28. The van der Waals surface area contributed by atoms with E-state index in [9.17, 15) is 14.3 Å². The average molecular weight is 968 g/mol. The van der Waals surface area contributed by atoms with Crippen molar-refractivity contribution in [3.63, 3.8) is 0 Å². The molecule has 0 amide bonds. The SMILES string of the molecule is CCCCCCC/C=C\C/C=C\CCCCCCCCCCCCCC(=O)OC(COCCCCCCCCCCCC/C=C\CCCCCCCCCC)COP(=O)(O)OCC[N+](C)(C)C. The topological polar surface area (TPSA) is 91.3 Å². The molecule has 0 aliphatic carbocycles. The lowest BCUT2D eigenvalue weighted by Crippen LogP contribution is -2.37. The number of nitrogens with zero attached hydrogens (tertiary/aromatic N) is 1. The van der Waals surface area contributed by atoms with Crippen molar-refractivity contribution in [1.29, 1.82) is 0 Å². The van der Waals surface area contributed by atoms with Gasteiger partial charge in [-0.25, -0.2) is 4.57 Å². The highest BCUT2D eigenvalue weighted by atomic mass is 31.2. The van der Waals surface area contributed by atoms with Crippen LogP contribution in [0.5, 0.6) is 0 Å². The molecule has 0 spiro atoms. The van der Waals surface area contributed by atoms with Gasteiger partial charge in [0.05, 0.1) is 34.4 Å². The normalized spacial score (nSPS) is 13.7. The molecular weight excluding hydrogens is 854 g/mol. The molecule has 2 atom stereocenters. The minimum atomic E-state index is -4.28. The average Bonchev–Trinajstić information content (AvgIpc) is 3.29. The molecule has 0 aromatic rings. The van der Waals surface area contributed by atoms with Crippen LogP contribution in [0.4, 0.5) is 0 Å². The second-order valence-electron chi connectivity index (χ2n) is 20.7. The van der Waals surface area contributed by atoms with Crippen LogP contribution in [0.15, 0.2) is 36.5 Å². The van der Waals surface area contributed by atoms with Crippen molar-refractivity contribution >= 4 is 13.8 Å². The van der Waals surface area contributed by atoms with E-state index in [4.69, 9.17) is 18.5 Å². The van der Waals surface area contributed by atoms with Crippen molar-refractivity contribution in [2.45, 2.75) is 277 Å². The van der Waals surface area contributed by atoms with E-state index in [1.807, 2.05) is 21.1 Å². The maximum atomic E-state index is 12.8. The molecule has 0 aromatic carbocycles. The predicted octanol–water partition coefficient (Wildman–Crippen LogP) is 18.1. The van der Waals surface area contributed by atoms with E-state index in [0.717, 1.165) is 38.5 Å². The van der Waals surface area contributed by atoms with Gasteiger partial charge in [0.25, 0.3) is 0 Å². The Balaban J connectivity index is 4.07. The zero-order valence-corrected chi connectivity index (χ0v) is 46.0. The van der Waals surface area contributed by atoms with Gasteiger partial charge in [-0.2, -0.15) is 0 Å². The third kappa shape index (κ3) is 55.5. The van der Waals surface area contributed by atoms with Crippen LogP contribution >= 0.6 is 7.82 Å². The Morgan fingerprint density at radius 2 is 0.821 bits per heavy atom. The number of hydrogen-bond donors (Lipinski definition) is 1. The standard InChI is InChI=1S/C58H112NO7P/c1-6-8-10-12-14-16-18-20-22-24-26-28-30-31-33-35-37-39-41-43-45-47-49-51-58(60)66-57(56-65-67(61,62)64-54-52-59(3,4)5)55-63-53-50-48-46-44-42-40-38-36-34-32-29-27-25-23-21-19-17-15-13-11-9-7-2/h18,20,24-27,57H,6-17,19,21-23,28-56H2,1-5H3/p+1/b20-18-,26-24-,27-25-. The van der Waals surface area contributed by atoms with E-state index < -0.39 is 13.9 Å². The van der Waals surface area contributed by atoms with Crippen LogP contribution in [-0.4, -0.2) is 75.6 Å². The van der Waals surface area contributed by atoms with Crippen LogP contribution < -0.4 is 0 Å². The molecule has 0 saturated carbocycles. The molecule has 2 unspecified atom stereocenters. The summed E-state index contributed by atoms with van der Waals surface area (Å²) in [6.07, 6.45) is 63.4. The minimum absolute atomic E-state index is 0.0888. The first kappa shape index (κ1) is 65.7. The molecule has 0 rings (SSSR count). The van der Waals surface area contributed by atoms with Crippen LogP contribution in [0.2, 0.25) is 0 Å². The number of carbonyl (C=O) groups excluding carboxylic acids is 1. The number of quaternary nitrogens is 1. The van der Waals surface area contributed by atoms with Gasteiger partial charge in [-0.15, -0.1) is 0 Å². The zero-order chi connectivity index (χ0) is 49.0. The van der Waals surface area contributed by atoms with Crippen molar-refractivity contribution < 1.29 is 37.3 Å². The number of allylic oxidation sites excluding steroid dienone is 6. The molecular formula is C58H113NO7P+. The van der Waals surface area contributed by atoms with Crippen LogP contribution in [0.1, 0.15) is 271 Å². The molecule has 0 radical (unpaired) electrons. The Morgan fingerprint density at radius 1 is 0.463 bits per heavy atom. The number of rotatable bonds is 54. The van der Waals surface area contributed by atoms with Crippen molar-refractivity contribution in [2.75, 3.05) is 54.1 Å². The number of phosphoric ester groups is 1. The third-order valence-electron chi connectivity index (χ3n) is 12.7. The van der Waals surface area contributed by atoms with E-state index in [2.05, 4.69) is 50.3 Å². The highest BCUT2D eigenvalue weighted by Gasteiger charge is 2.26. The first-order chi connectivity index (χ1) is 32.6. The quantitative estimate of drug-likeness (QED) is 0.0213. The molecule has 0 saturated heterocycles. The number of carbonyl (C=O) groups is 1. The Morgan fingerprint density at radius 3 is 1.22 bits per heavy atom. The number of phosphoric acid groups is 1. The van der Waals surface area contributed by atoms with Gasteiger partial charge in [0.15, 0.2) is 0 Å². The van der Waals surface area contributed by atoms with E-state index in [1.54, 1.807) is 0 Å². The lowest BCUT2D eigenvalue weighted by atomic mass is 10.0. The van der Waals surface area contributed by atoms with Crippen LogP contribution in [-0.2, 0) is 27.9 Å². The number of unbranched alkanes of at least 4 members (excludes halogenated alkanes) is 34.